The second-order valence-corrected chi connectivity index (χ2v) is 10.1. The first-order valence-electron chi connectivity index (χ1n) is 12.0. The zero-order valence-electron chi connectivity index (χ0n) is 21.5. The Morgan fingerprint density at radius 2 is 1.65 bits per heavy atom. The second kappa shape index (κ2) is 15.6. The number of nitrogens with one attached hydrogen (secondary N) is 2. The molecule has 3 amide bonds. The molecule has 0 radical (unpaired) electrons. The Kier molecular flexibility index (Phi) is 12.6. The van der Waals surface area contributed by atoms with E-state index in [0.717, 1.165) is 17.3 Å². The molecular formula is C26H35N5O5S. The first kappa shape index (κ1) is 29.8. The predicted octanol–water partition coefficient (Wildman–Crippen LogP) is 2.72. The number of benzene rings is 2. The topological polar surface area (TPSA) is 125 Å². The van der Waals surface area contributed by atoms with Gasteiger partial charge in [-0.1, -0.05) is 54.2 Å². The van der Waals surface area contributed by atoms with Crippen molar-refractivity contribution in [2.75, 3.05) is 46.0 Å². The molecule has 0 aromatic heterocycles. The highest BCUT2D eigenvalue weighted by molar-refractivity contribution is 8.13. The molecule has 0 saturated heterocycles. The summed E-state index contributed by atoms with van der Waals surface area (Å²) in [6.45, 7) is 3.29. The third-order valence-electron chi connectivity index (χ3n) is 5.53. The SMILES string of the molecule is CC(=O)SCCN(CCc1ccccc1)C(=O)NC(Cc1ccc([N+](=O)[O-])cc1)C(=O)NCCN(C)C. The van der Waals surface area contributed by atoms with Crippen molar-refractivity contribution in [1.82, 2.24) is 20.4 Å². The number of likely N-dealkylation sites (N-methyl/N-ethyl adjacent to an activating group) is 1. The molecule has 0 fully saturated rings. The van der Waals surface area contributed by atoms with Crippen molar-refractivity contribution in [2.45, 2.75) is 25.8 Å². The van der Waals surface area contributed by atoms with E-state index in [-0.39, 0.29) is 23.1 Å². The van der Waals surface area contributed by atoms with E-state index >= 15 is 0 Å². The molecule has 200 valence electrons. The molecule has 1 unspecified atom stereocenters. The fourth-order valence-corrected chi connectivity index (χ4v) is 4.09. The van der Waals surface area contributed by atoms with Crippen LogP contribution in [0.25, 0.3) is 0 Å². The van der Waals surface area contributed by atoms with Crippen LogP contribution in [0.5, 0.6) is 0 Å². The number of hydrogen-bond donors (Lipinski definition) is 2. The lowest BCUT2D eigenvalue weighted by Crippen LogP contribution is -2.53. The van der Waals surface area contributed by atoms with Gasteiger partial charge in [0.1, 0.15) is 6.04 Å². The molecule has 0 aliphatic heterocycles. The van der Waals surface area contributed by atoms with Crippen LogP contribution in [-0.2, 0) is 22.4 Å². The van der Waals surface area contributed by atoms with Gasteiger partial charge in [0, 0.05) is 57.4 Å². The van der Waals surface area contributed by atoms with E-state index in [1.165, 1.54) is 19.1 Å². The van der Waals surface area contributed by atoms with Gasteiger partial charge in [-0.3, -0.25) is 19.7 Å². The molecule has 2 aromatic rings. The summed E-state index contributed by atoms with van der Waals surface area (Å²) in [5.74, 6) is 0.106. The lowest BCUT2D eigenvalue weighted by atomic mass is 10.0. The molecule has 0 heterocycles. The number of urea groups is 1. The number of thioether (sulfide) groups is 1. The number of nitro benzene ring substituents is 1. The van der Waals surface area contributed by atoms with Gasteiger partial charge in [0.25, 0.3) is 5.69 Å². The molecule has 1 atom stereocenters. The van der Waals surface area contributed by atoms with Gasteiger partial charge in [0.15, 0.2) is 5.12 Å². The van der Waals surface area contributed by atoms with Crippen molar-refractivity contribution in [3.05, 3.63) is 75.8 Å². The molecule has 0 saturated carbocycles. The Balaban J connectivity index is 2.15. The fourth-order valence-electron chi connectivity index (χ4n) is 3.49. The summed E-state index contributed by atoms with van der Waals surface area (Å²) in [5, 5.41) is 16.7. The molecule has 37 heavy (non-hydrogen) atoms. The van der Waals surface area contributed by atoms with Crippen LogP contribution in [0, 0.1) is 10.1 Å². The standard InChI is InChI=1S/C26H35N5O5S/c1-20(32)37-18-17-30(15-13-21-7-5-4-6-8-21)26(34)28-24(25(33)27-14-16-29(2)3)19-22-9-11-23(12-10-22)31(35)36/h4-12,24H,13-19H2,1-3H3,(H,27,33)(H,28,34). The normalized spacial score (nSPS) is 11.6. The molecule has 0 spiro atoms. The van der Waals surface area contributed by atoms with Gasteiger partial charge in [-0.05, 0) is 31.6 Å². The third-order valence-corrected chi connectivity index (χ3v) is 6.32. The van der Waals surface area contributed by atoms with Crippen molar-refractivity contribution in [1.29, 1.82) is 0 Å². The molecule has 10 nitrogen and oxygen atoms in total. The Hall–Kier alpha value is -3.44. The number of nitrogens with zero attached hydrogens (tertiary/aromatic N) is 3. The van der Waals surface area contributed by atoms with Crippen LogP contribution in [-0.4, -0.2) is 83.8 Å². The average Bonchev–Trinajstić information content (AvgIpc) is 2.86. The smallest absolute Gasteiger partial charge is 0.318 e. The summed E-state index contributed by atoms with van der Waals surface area (Å²) in [6.07, 6.45) is 0.799. The van der Waals surface area contributed by atoms with Gasteiger partial charge in [0.2, 0.25) is 5.91 Å². The molecule has 0 bridgehead atoms. The van der Waals surface area contributed by atoms with Crippen LogP contribution in [0.15, 0.2) is 54.6 Å². The minimum atomic E-state index is -0.879. The van der Waals surface area contributed by atoms with Gasteiger partial charge < -0.3 is 20.4 Å². The molecule has 2 aromatic carbocycles. The summed E-state index contributed by atoms with van der Waals surface area (Å²) in [6, 6.07) is 14.4. The van der Waals surface area contributed by atoms with E-state index in [1.807, 2.05) is 49.3 Å². The van der Waals surface area contributed by atoms with E-state index in [4.69, 9.17) is 0 Å². The number of carbonyl (C=O) groups excluding carboxylic acids is 3. The van der Waals surface area contributed by atoms with Crippen LogP contribution in [0.2, 0.25) is 0 Å². The Bertz CT molecular complexity index is 1030. The van der Waals surface area contributed by atoms with Gasteiger partial charge >= 0.3 is 6.03 Å². The minimum Gasteiger partial charge on any atom is -0.353 e. The van der Waals surface area contributed by atoms with E-state index in [1.54, 1.807) is 17.0 Å². The maximum absolute atomic E-state index is 13.3. The summed E-state index contributed by atoms with van der Waals surface area (Å²) in [4.78, 5) is 51.8. The maximum atomic E-state index is 13.3. The number of non-ortho nitro benzene ring substituents is 1. The van der Waals surface area contributed by atoms with E-state index in [2.05, 4.69) is 10.6 Å². The number of hydrogen-bond acceptors (Lipinski definition) is 7. The second-order valence-electron chi connectivity index (χ2n) is 8.79. The average molecular weight is 530 g/mol. The van der Waals surface area contributed by atoms with Crippen LogP contribution < -0.4 is 10.6 Å². The van der Waals surface area contributed by atoms with Gasteiger partial charge in [-0.2, -0.15) is 0 Å². The molecule has 0 aliphatic carbocycles. The van der Waals surface area contributed by atoms with Crippen molar-refractivity contribution < 1.29 is 19.3 Å². The van der Waals surface area contributed by atoms with Gasteiger partial charge in [0.05, 0.1) is 4.92 Å². The summed E-state index contributed by atoms with van der Waals surface area (Å²) < 4.78 is 0. The number of amides is 3. The largest absolute Gasteiger partial charge is 0.353 e. The van der Waals surface area contributed by atoms with Crippen LogP contribution >= 0.6 is 11.8 Å². The Morgan fingerprint density at radius 1 is 0.973 bits per heavy atom. The van der Waals surface area contributed by atoms with Crippen molar-refractivity contribution in [3.8, 4) is 0 Å². The van der Waals surface area contributed by atoms with E-state index in [9.17, 15) is 24.5 Å². The Morgan fingerprint density at radius 3 is 2.24 bits per heavy atom. The van der Waals surface area contributed by atoms with Gasteiger partial charge in [-0.15, -0.1) is 0 Å². The predicted molar refractivity (Wildman–Crippen MR) is 146 cm³/mol. The zero-order valence-corrected chi connectivity index (χ0v) is 22.3. The number of carbonyl (C=O) groups is 3. The first-order chi connectivity index (χ1) is 17.7. The molecule has 2 rings (SSSR count). The summed E-state index contributed by atoms with van der Waals surface area (Å²) in [7, 11) is 3.79. The van der Waals surface area contributed by atoms with Crippen molar-refractivity contribution in [2.24, 2.45) is 0 Å². The lowest BCUT2D eigenvalue weighted by molar-refractivity contribution is -0.384. The Labute approximate surface area is 221 Å². The molecule has 11 heteroatoms. The van der Waals surface area contributed by atoms with E-state index in [0.29, 0.717) is 43.9 Å². The van der Waals surface area contributed by atoms with Gasteiger partial charge in [-0.25, -0.2) is 4.79 Å². The first-order valence-corrected chi connectivity index (χ1v) is 13.0. The lowest BCUT2D eigenvalue weighted by Gasteiger charge is -2.26. The highest BCUT2D eigenvalue weighted by Crippen LogP contribution is 2.14. The number of nitro groups is 1. The number of rotatable bonds is 14. The molecule has 2 N–H and O–H groups in total. The van der Waals surface area contributed by atoms with Crippen LogP contribution in [0.4, 0.5) is 10.5 Å². The van der Waals surface area contributed by atoms with E-state index < -0.39 is 17.0 Å². The monoisotopic (exact) mass is 529 g/mol. The maximum Gasteiger partial charge on any atom is 0.318 e. The third kappa shape index (κ3) is 11.4. The highest BCUT2D eigenvalue weighted by atomic mass is 32.2. The highest BCUT2D eigenvalue weighted by Gasteiger charge is 2.24. The molecular weight excluding hydrogens is 494 g/mol. The van der Waals surface area contributed by atoms with Crippen molar-refractivity contribution in [3.63, 3.8) is 0 Å². The van der Waals surface area contributed by atoms with Crippen LogP contribution in [0.1, 0.15) is 18.1 Å². The fraction of sp³-hybridized carbons (Fsp3) is 0.423. The minimum absolute atomic E-state index is 0.0280. The summed E-state index contributed by atoms with van der Waals surface area (Å²) >= 11 is 1.14. The molecule has 0 aliphatic rings. The van der Waals surface area contributed by atoms with Crippen molar-refractivity contribution >= 4 is 34.5 Å². The summed E-state index contributed by atoms with van der Waals surface area (Å²) in [5.41, 5.74) is 1.71. The van der Waals surface area contributed by atoms with Crippen LogP contribution in [0.3, 0.4) is 0 Å². The zero-order chi connectivity index (χ0) is 27.2. The quantitative estimate of drug-likeness (QED) is 0.285.